The fourth-order valence-corrected chi connectivity index (χ4v) is 1.66. The number of nitrogens with one attached hydrogen (secondary N) is 1. The summed E-state index contributed by atoms with van der Waals surface area (Å²) in [5.74, 6) is 0. The molecule has 0 saturated carbocycles. The molecule has 0 bridgehead atoms. The van der Waals surface area contributed by atoms with Gasteiger partial charge >= 0.3 is 0 Å². The van der Waals surface area contributed by atoms with E-state index in [1.54, 1.807) is 7.11 Å². The molecular weight excluding hydrogens is 186 g/mol. The van der Waals surface area contributed by atoms with Crippen LogP contribution in [0.4, 0.5) is 0 Å². The second-order valence-electron chi connectivity index (χ2n) is 3.76. The molecule has 1 N–H and O–H groups in total. The zero-order chi connectivity index (χ0) is 10.9. The Morgan fingerprint density at radius 2 is 2.40 bits per heavy atom. The molecule has 0 aromatic rings. The van der Waals surface area contributed by atoms with Crippen molar-refractivity contribution >= 4 is 0 Å². The van der Waals surface area contributed by atoms with E-state index in [2.05, 4.69) is 36.5 Å². The van der Waals surface area contributed by atoms with Crippen molar-refractivity contribution in [2.75, 3.05) is 20.4 Å². The van der Waals surface area contributed by atoms with Crippen LogP contribution in [0.25, 0.3) is 0 Å². The highest BCUT2D eigenvalue weighted by Crippen LogP contribution is 2.20. The summed E-state index contributed by atoms with van der Waals surface area (Å²) in [5, 5.41) is 3.23. The minimum atomic E-state index is 0.638. The number of hydrogen-bond acceptors (Lipinski definition) is 2. The van der Waals surface area contributed by atoms with E-state index in [4.69, 9.17) is 4.74 Å². The average molecular weight is 207 g/mol. The first-order chi connectivity index (χ1) is 7.36. The van der Waals surface area contributed by atoms with Crippen molar-refractivity contribution in [1.82, 2.24) is 5.32 Å². The maximum atomic E-state index is 4.94. The van der Waals surface area contributed by atoms with Crippen LogP contribution in [0, 0.1) is 0 Å². The minimum absolute atomic E-state index is 0.638. The maximum absolute atomic E-state index is 4.94. The Labute approximate surface area is 92.7 Å². The summed E-state index contributed by atoms with van der Waals surface area (Å²) in [6.45, 7) is 3.75. The van der Waals surface area contributed by atoms with Gasteiger partial charge in [-0.3, -0.25) is 5.32 Å². The Kier molecular flexibility index (Phi) is 6.05. The Hall–Kier alpha value is -0.860. The summed E-state index contributed by atoms with van der Waals surface area (Å²) < 4.78 is 4.94. The molecule has 1 aliphatic carbocycles. The first-order valence-corrected chi connectivity index (χ1v) is 5.55. The van der Waals surface area contributed by atoms with Crippen LogP contribution < -0.4 is 5.32 Å². The van der Waals surface area contributed by atoms with E-state index in [0.29, 0.717) is 6.73 Å². The quantitative estimate of drug-likeness (QED) is 0.425. The van der Waals surface area contributed by atoms with Crippen LogP contribution in [0.2, 0.25) is 0 Å². The molecule has 0 fully saturated rings. The first-order valence-electron chi connectivity index (χ1n) is 5.55. The van der Waals surface area contributed by atoms with Gasteiger partial charge in [-0.05, 0) is 26.2 Å². The van der Waals surface area contributed by atoms with Gasteiger partial charge in [-0.2, -0.15) is 0 Å². The molecule has 2 heteroatoms. The molecule has 2 nitrogen and oxygen atoms in total. The van der Waals surface area contributed by atoms with Crippen molar-refractivity contribution in [2.24, 2.45) is 0 Å². The predicted molar refractivity (Wildman–Crippen MR) is 64.7 cm³/mol. The Bertz CT molecular complexity index is 264. The van der Waals surface area contributed by atoms with Crippen molar-refractivity contribution in [1.29, 1.82) is 0 Å². The fourth-order valence-electron chi connectivity index (χ4n) is 1.66. The summed E-state index contributed by atoms with van der Waals surface area (Å²) in [6, 6.07) is 0. The molecule has 0 radical (unpaired) electrons. The molecule has 0 spiro atoms. The monoisotopic (exact) mass is 207 g/mol. The first kappa shape index (κ1) is 12.2. The fraction of sp³-hybridized carbons (Fsp3) is 0.538. The van der Waals surface area contributed by atoms with Gasteiger partial charge in [0.05, 0.1) is 6.73 Å². The molecule has 0 atom stereocenters. The van der Waals surface area contributed by atoms with E-state index in [9.17, 15) is 0 Å². The second-order valence-corrected chi connectivity index (χ2v) is 3.76. The van der Waals surface area contributed by atoms with Crippen LogP contribution in [-0.2, 0) is 4.74 Å². The van der Waals surface area contributed by atoms with E-state index in [1.807, 2.05) is 0 Å². The van der Waals surface area contributed by atoms with Gasteiger partial charge in [-0.15, -0.1) is 0 Å². The van der Waals surface area contributed by atoms with Crippen molar-refractivity contribution in [3.63, 3.8) is 0 Å². The van der Waals surface area contributed by atoms with Gasteiger partial charge < -0.3 is 4.74 Å². The van der Waals surface area contributed by atoms with Crippen molar-refractivity contribution in [2.45, 2.75) is 26.2 Å². The molecule has 0 heterocycles. The third kappa shape index (κ3) is 4.96. The molecule has 1 aliphatic rings. The number of rotatable bonds is 5. The van der Waals surface area contributed by atoms with Crippen molar-refractivity contribution in [3.8, 4) is 0 Å². The normalized spacial score (nSPS) is 19.1. The molecule has 0 aliphatic heterocycles. The number of ether oxygens (including phenoxy) is 1. The van der Waals surface area contributed by atoms with Gasteiger partial charge in [0.1, 0.15) is 0 Å². The molecule has 15 heavy (non-hydrogen) atoms. The highest BCUT2D eigenvalue weighted by molar-refractivity contribution is 5.25. The lowest BCUT2D eigenvalue weighted by molar-refractivity contribution is 0.176. The van der Waals surface area contributed by atoms with E-state index in [-0.39, 0.29) is 0 Å². The zero-order valence-electron chi connectivity index (χ0n) is 9.75. The summed E-state index contributed by atoms with van der Waals surface area (Å²) in [6.07, 6.45) is 12.2. The van der Waals surface area contributed by atoms with Gasteiger partial charge in [-0.1, -0.05) is 35.5 Å². The van der Waals surface area contributed by atoms with E-state index in [0.717, 1.165) is 25.8 Å². The second kappa shape index (κ2) is 7.43. The van der Waals surface area contributed by atoms with Gasteiger partial charge in [0.2, 0.25) is 0 Å². The molecule has 84 valence electrons. The predicted octanol–water partition coefficient (Wildman–Crippen LogP) is 2.79. The molecule has 0 aromatic carbocycles. The standard InChI is InChI=1S/C13H21NO/c1-3-12-6-4-5-7-13(10-12)8-9-14-11-15-2/h3-5,7,14H,6,8-11H2,1-2H3/b12-3+. The number of hydrogen-bond donors (Lipinski definition) is 1. The highest BCUT2D eigenvalue weighted by Gasteiger charge is 2.03. The molecular formula is C13H21NO. The van der Waals surface area contributed by atoms with E-state index < -0.39 is 0 Å². The maximum Gasteiger partial charge on any atom is 0.0961 e. The summed E-state index contributed by atoms with van der Waals surface area (Å²) >= 11 is 0. The Morgan fingerprint density at radius 3 is 3.13 bits per heavy atom. The van der Waals surface area contributed by atoms with Crippen molar-refractivity contribution < 1.29 is 4.74 Å². The van der Waals surface area contributed by atoms with Crippen LogP contribution in [0.1, 0.15) is 26.2 Å². The van der Waals surface area contributed by atoms with Crippen molar-refractivity contribution in [3.05, 3.63) is 35.5 Å². The molecule has 0 aromatic heterocycles. The largest absolute Gasteiger partial charge is 0.370 e. The van der Waals surface area contributed by atoms with Gasteiger partial charge in [0.15, 0.2) is 0 Å². The molecule has 1 rings (SSSR count). The van der Waals surface area contributed by atoms with Crippen LogP contribution in [-0.4, -0.2) is 20.4 Å². The van der Waals surface area contributed by atoms with E-state index >= 15 is 0 Å². The lowest BCUT2D eigenvalue weighted by Crippen LogP contribution is -2.18. The minimum Gasteiger partial charge on any atom is -0.370 e. The molecule has 0 unspecified atom stereocenters. The Morgan fingerprint density at radius 1 is 1.53 bits per heavy atom. The summed E-state index contributed by atoms with van der Waals surface area (Å²) in [4.78, 5) is 0. The topological polar surface area (TPSA) is 21.3 Å². The van der Waals surface area contributed by atoms with Crippen LogP contribution in [0.5, 0.6) is 0 Å². The molecule has 0 saturated heterocycles. The average Bonchev–Trinajstić information content (AvgIpc) is 2.49. The van der Waals surface area contributed by atoms with Gasteiger partial charge in [0.25, 0.3) is 0 Å². The van der Waals surface area contributed by atoms with E-state index in [1.165, 1.54) is 11.1 Å². The SMILES string of the molecule is C/C=C1\CC=CC=C(CCNCOC)C1. The van der Waals surface area contributed by atoms with Gasteiger partial charge in [0, 0.05) is 13.7 Å². The van der Waals surface area contributed by atoms with Crippen LogP contribution in [0.15, 0.2) is 35.5 Å². The zero-order valence-corrected chi connectivity index (χ0v) is 9.75. The highest BCUT2D eigenvalue weighted by atomic mass is 16.5. The van der Waals surface area contributed by atoms with Crippen LogP contribution >= 0.6 is 0 Å². The van der Waals surface area contributed by atoms with Gasteiger partial charge in [-0.25, -0.2) is 0 Å². The number of methoxy groups -OCH3 is 1. The summed E-state index contributed by atoms with van der Waals surface area (Å²) in [7, 11) is 1.71. The third-order valence-corrected chi connectivity index (χ3v) is 2.58. The molecule has 0 amide bonds. The smallest absolute Gasteiger partial charge is 0.0961 e. The van der Waals surface area contributed by atoms with Crippen LogP contribution in [0.3, 0.4) is 0 Å². The Balaban J connectivity index is 2.33. The summed E-state index contributed by atoms with van der Waals surface area (Å²) in [5.41, 5.74) is 3.02. The number of allylic oxidation sites excluding steroid dienone is 5. The lowest BCUT2D eigenvalue weighted by atomic mass is 10.0. The lowest BCUT2D eigenvalue weighted by Gasteiger charge is -2.08. The third-order valence-electron chi connectivity index (χ3n) is 2.58.